The molecule has 2 fully saturated rings. The molecule has 1 amide bonds. The average Bonchev–Trinajstić information content (AvgIpc) is 3.51. The second-order valence-corrected chi connectivity index (χ2v) is 9.73. The van der Waals surface area contributed by atoms with E-state index < -0.39 is 0 Å². The first-order valence-electron chi connectivity index (χ1n) is 12.1. The predicted molar refractivity (Wildman–Crippen MR) is 132 cm³/mol. The van der Waals surface area contributed by atoms with Crippen molar-refractivity contribution >= 4 is 34.6 Å². The van der Waals surface area contributed by atoms with Crippen LogP contribution in [0.5, 0.6) is 0 Å². The summed E-state index contributed by atoms with van der Waals surface area (Å²) in [5.41, 5.74) is 3.10. The van der Waals surface area contributed by atoms with Gasteiger partial charge >= 0.3 is 0 Å². The molecule has 3 aromatic rings. The first-order valence-corrected chi connectivity index (χ1v) is 12.4. The minimum absolute atomic E-state index is 0.116. The highest BCUT2D eigenvalue weighted by atomic mass is 35.5. The van der Waals surface area contributed by atoms with Crippen molar-refractivity contribution in [3.63, 3.8) is 0 Å². The lowest BCUT2D eigenvalue weighted by Gasteiger charge is -2.34. The van der Waals surface area contributed by atoms with Crippen molar-refractivity contribution in [2.45, 2.75) is 51.1 Å². The molecule has 0 radical (unpaired) electrons. The molecule has 1 aliphatic carbocycles. The van der Waals surface area contributed by atoms with E-state index in [-0.39, 0.29) is 5.91 Å². The van der Waals surface area contributed by atoms with Crippen molar-refractivity contribution in [3.05, 3.63) is 58.6 Å². The molecule has 1 aromatic heterocycles. The second kappa shape index (κ2) is 10.1. The molecule has 174 valence electrons. The maximum absolute atomic E-state index is 13.6. The van der Waals surface area contributed by atoms with Gasteiger partial charge in [-0.25, -0.2) is 0 Å². The lowest BCUT2D eigenvalue weighted by atomic mass is 9.97. The van der Waals surface area contributed by atoms with E-state index in [1.807, 2.05) is 42.5 Å². The van der Waals surface area contributed by atoms with Gasteiger partial charge in [-0.2, -0.15) is 4.98 Å². The smallest absolute Gasteiger partial charge is 0.295 e. The van der Waals surface area contributed by atoms with Crippen molar-refractivity contribution < 1.29 is 9.21 Å². The average molecular weight is 467 g/mol. The summed E-state index contributed by atoms with van der Waals surface area (Å²) in [4.78, 5) is 20.3. The van der Waals surface area contributed by atoms with Crippen molar-refractivity contribution in [1.29, 1.82) is 0 Å². The number of aromatic nitrogens is 1. The van der Waals surface area contributed by atoms with Gasteiger partial charge in [0.1, 0.15) is 5.52 Å². The molecule has 1 aliphatic heterocycles. The summed E-state index contributed by atoms with van der Waals surface area (Å²) >= 11 is 6.07. The number of carbonyl (C=O) groups is 1. The summed E-state index contributed by atoms with van der Waals surface area (Å²) < 4.78 is 5.85. The molecule has 6 nitrogen and oxygen atoms in total. The molecule has 2 aliphatic rings. The van der Waals surface area contributed by atoms with Crippen LogP contribution in [0.4, 0.5) is 6.01 Å². The molecular weight excluding hydrogens is 436 g/mol. The van der Waals surface area contributed by atoms with Gasteiger partial charge in [-0.1, -0.05) is 36.6 Å². The zero-order chi connectivity index (χ0) is 22.6. The van der Waals surface area contributed by atoms with Gasteiger partial charge in [0.05, 0.1) is 0 Å². The lowest BCUT2D eigenvalue weighted by Crippen LogP contribution is -2.45. The number of rotatable bonds is 7. The van der Waals surface area contributed by atoms with Crippen molar-refractivity contribution in [2.75, 3.05) is 25.0 Å². The van der Waals surface area contributed by atoms with Crippen LogP contribution in [0, 0.1) is 5.92 Å². The Morgan fingerprint density at radius 2 is 2.03 bits per heavy atom. The van der Waals surface area contributed by atoms with Crippen LogP contribution in [0.25, 0.3) is 11.1 Å². The zero-order valence-corrected chi connectivity index (χ0v) is 19.6. The Kier molecular flexibility index (Phi) is 6.83. The summed E-state index contributed by atoms with van der Waals surface area (Å²) in [5.74, 6) is 0.646. The van der Waals surface area contributed by atoms with Crippen LogP contribution < -0.4 is 10.6 Å². The maximum Gasteiger partial charge on any atom is 0.295 e. The van der Waals surface area contributed by atoms with Crippen LogP contribution in [0.3, 0.4) is 0 Å². The van der Waals surface area contributed by atoms with Gasteiger partial charge in [0, 0.05) is 29.7 Å². The first-order chi connectivity index (χ1) is 16.2. The Morgan fingerprint density at radius 1 is 1.15 bits per heavy atom. The van der Waals surface area contributed by atoms with Crippen LogP contribution in [0.2, 0.25) is 5.02 Å². The number of amides is 1. The fourth-order valence-electron chi connectivity index (χ4n) is 5.10. The lowest BCUT2D eigenvalue weighted by molar-refractivity contribution is 0.0633. The summed E-state index contributed by atoms with van der Waals surface area (Å²) in [7, 11) is 0. The molecule has 1 saturated carbocycles. The third-order valence-electron chi connectivity index (χ3n) is 6.85. The highest BCUT2D eigenvalue weighted by Crippen LogP contribution is 2.28. The molecule has 1 saturated heterocycles. The maximum atomic E-state index is 13.6. The molecule has 1 unspecified atom stereocenters. The number of hydrogen-bond donors (Lipinski definition) is 2. The minimum atomic E-state index is 0.116. The number of hydrogen-bond acceptors (Lipinski definition) is 5. The van der Waals surface area contributed by atoms with E-state index in [0.29, 0.717) is 46.2 Å². The second-order valence-electron chi connectivity index (χ2n) is 9.29. The van der Waals surface area contributed by atoms with E-state index in [2.05, 4.69) is 20.5 Å². The highest BCUT2D eigenvalue weighted by Gasteiger charge is 2.30. The Morgan fingerprint density at radius 3 is 2.82 bits per heavy atom. The topological polar surface area (TPSA) is 70.4 Å². The summed E-state index contributed by atoms with van der Waals surface area (Å²) in [5, 5.41) is 7.40. The van der Waals surface area contributed by atoms with E-state index in [1.54, 1.807) is 0 Å². The number of carbonyl (C=O) groups excluding carboxylic acids is 1. The van der Waals surface area contributed by atoms with Gasteiger partial charge in [-0.15, -0.1) is 0 Å². The van der Waals surface area contributed by atoms with Gasteiger partial charge in [0.15, 0.2) is 5.58 Å². The first kappa shape index (κ1) is 22.2. The molecule has 7 heteroatoms. The number of benzene rings is 2. The number of halogens is 1. The number of fused-ring (bicyclic) bond motifs is 1. The molecule has 1 atom stereocenters. The summed E-state index contributed by atoms with van der Waals surface area (Å²) in [6.45, 7) is 3.48. The molecule has 2 aromatic carbocycles. The van der Waals surface area contributed by atoms with E-state index >= 15 is 0 Å². The van der Waals surface area contributed by atoms with Gasteiger partial charge in [-0.3, -0.25) is 4.79 Å². The molecule has 2 heterocycles. The number of anilines is 1. The Hall–Kier alpha value is -2.57. The third kappa shape index (κ3) is 5.33. The van der Waals surface area contributed by atoms with E-state index in [0.717, 1.165) is 38.0 Å². The van der Waals surface area contributed by atoms with Crippen molar-refractivity contribution in [3.8, 4) is 0 Å². The molecule has 33 heavy (non-hydrogen) atoms. The Balaban J connectivity index is 1.32. The van der Waals surface area contributed by atoms with Crippen molar-refractivity contribution in [2.24, 2.45) is 5.92 Å². The normalized spacial score (nSPS) is 19.1. The molecule has 0 bridgehead atoms. The van der Waals surface area contributed by atoms with Gasteiger partial charge in [-0.05, 0) is 80.6 Å². The van der Waals surface area contributed by atoms with Gasteiger partial charge < -0.3 is 20.0 Å². The third-order valence-corrected chi connectivity index (χ3v) is 7.08. The van der Waals surface area contributed by atoms with E-state index in [1.165, 1.54) is 25.7 Å². The van der Waals surface area contributed by atoms with Crippen molar-refractivity contribution in [1.82, 2.24) is 15.2 Å². The van der Waals surface area contributed by atoms with Gasteiger partial charge in [0.2, 0.25) is 0 Å². The number of nitrogens with zero attached hydrogens (tertiary/aromatic N) is 2. The van der Waals surface area contributed by atoms with Crippen LogP contribution in [-0.2, 0) is 6.54 Å². The quantitative estimate of drug-likeness (QED) is 0.482. The van der Waals surface area contributed by atoms with Crippen LogP contribution in [-0.4, -0.2) is 41.5 Å². The largest absolute Gasteiger partial charge is 0.424 e. The number of oxazole rings is 1. The molecular formula is C26H31ClN4O2. The molecule has 0 spiro atoms. The van der Waals surface area contributed by atoms with E-state index in [9.17, 15) is 4.79 Å². The van der Waals surface area contributed by atoms with Crippen LogP contribution >= 0.6 is 11.6 Å². The Labute approximate surface area is 199 Å². The monoisotopic (exact) mass is 466 g/mol. The SMILES string of the molecule is O=C(c1ccc2oc(NCc3cccc(Cl)c3)nc2c1)N(CC1CCCNC1)C1CCCC1. The van der Waals surface area contributed by atoms with E-state index in [4.69, 9.17) is 16.0 Å². The minimum Gasteiger partial charge on any atom is -0.424 e. The zero-order valence-electron chi connectivity index (χ0n) is 18.9. The highest BCUT2D eigenvalue weighted by molar-refractivity contribution is 6.30. The fourth-order valence-corrected chi connectivity index (χ4v) is 5.31. The fraction of sp³-hybridized carbons (Fsp3) is 0.462. The van der Waals surface area contributed by atoms with Crippen LogP contribution in [0.1, 0.15) is 54.4 Å². The Bertz CT molecular complexity index is 1100. The molecule has 5 rings (SSSR count). The standard InChI is InChI=1S/C26H31ClN4O2/c27-21-7-3-5-18(13-21)16-29-26-30-23-14-20(10-11-24(23)33-26)25(32)31(22-8-1-2-9-22)17-19-6-4-12-28-15-19/h3,5,7,10-11,13-14,19,22,28H,1-2,4,6,8-9,12,15-17H2,(H,29,30). The van der Waals surface area contributed by atoms with Crippen LogP contribution in [0.15, 0.2) is 46.9 Å². The van der Waals surface area contributed by atoms with Gasteiger partial charge in [0.25, 0.3) is 11.9 Å². The summed E-state index contributed by atoms with van der Waals surface area (Å²) in [6, 6.07) is 14.1. The summed E-state index contributed by atoms with van der Waals surface area (Å²) in [6.07, 6.45) is 7.01. The number of piperidine rings is 1. The molecule has 2 N–H and O–H groups in total. The number of nitrogens with one attached hydrogen (secondary N) is 2. The predicted octanol–water partition coefficient (Wildman–Crippen LogP) is 5.48.